The van der Waals surface area contributed by atoms with E-state index in [1.165, 1.54) is 0 Å². The minimum Gasteiger partial charge on any atom is -0.343 e. The fourth-order valence-electron chi connectivity index (χ4n) is 1.34. The van der Waals surface area contributed by atoms with Crippen molar-refractivity contribution in [2.24, 2.45) is 0 Å². The Morgan fingerprint density at radius 2 is 2.00 bits per heavy atom. The van der Waals surface area contributed by atoms with Gasteiger partial charge >= 0.3 is 0 Å². The fraction of sp³-hybridized carbons (Fsp3) is 0.571. The average molecular weight is 300 g/mol. The van der Waals surface area contributed by atoms with Gasteiger partial charge in [-0.15, -0.1) is 0 Å². The van der Waals surface area contributed by atoms with Crippen molar-refractivity contribution in [3.8, 4) is 0 Å². The van der Waals surface area contributed by atoms with E-state index in [9.17, 15) is 4.79 Å². The van der Waals surface area contributed by atoms with E-state index in [1.807, 2.05) is 22.6 Å². The average Bonchev–Trinajstić information content (AvgIpc) is 2.57. The van der Waals surface area contributed by atoms with Crippen molar-refractivity contribution >= 4 is 40.0 Å². The molecule has 0 atom stereocenters. The Bertz CT molecular complexity index is 268. The lowest BCUT2D eigenvalue weighted by Gasteiger charge is -2.20. The molecule has 12 heavy (non-hydrogen) atoms. The summed E-state index contributed by atoms with van der Waals surface area (Å²) >= 11 is 7.75. The molecule has 0 aromatic heterocycles. The van der Waals surface area contributed by atoms with Gasteiger partial charge < -0.3 is 9.47 Å². The number of Topliss-reactive ketones (excluding diaryl/α,β-unsaturated/α-hetero) is 1. The second-order valence-electron chi connectivity index (χ2n) is 2.68. The van der Waals surface area contributed by atoms with Gasteiger partial charge in [0, 0.05) is 0 Å². The topological polar surface area (TPSA) is 35.5 Å². The normalized spacial score (nSPS) is 27.7. The molecule has 1 fully saturated rings. The van der Waals surface area contributed by atoms with E-state index in [-0.39, 0.29) is 17.2 Å². The SMILES string of the molecule is O=C1CC2(OCCO2)C(I)=C1Cl. The molecule has 0 amide bonds. The van der Waals surface area contributed by atoms with Crippen LogP contribution in [0.15, 0.2) is 8.61 Å². The second-order valence-corrected chi connectivity index (χ2v) is 4.13. The summed E-state index contributed by atoms with van der Waals surface area (Å²) in [6.45, 7) is 1.06. The minimum atomic E-state index is -0.825. The van der Waals surface area contributed by atoms with Crippen LogP contribution in [-0.2, 0) is 14.3 Å². The third-order valence-electron chi connectivity index (χ3n) is 1.92. The monoisotopic (exact) mass is 300 g/mol. The van der Waals surface area contributed by atoms with Crippen molar-refractivity contribution in [2.45, 2.75) is 12.2 Å². The molecule has 0 saturated carbocycles. The van der Waals surface area contributed by atoms with Crippen molar-refractivity contribution in [3.05, 3.63) is 8.61 Å². The quantitative estimate of drug-likeness (QED) is 0.637. The van der Waals surface area contributed by atoms with Crippen molar-refractivity contribution in [2.75, 3.05) is 13.2 Å². The van der Waals surface area contributed by atoms with Crippen LogP contribution in [0.3, 0.4) is 0 Å². The summed E-state index contributed by atoms with van der Waals surface area (Å²) in [6, 6.07) is 0. The Labute approximate surface area is 88.2 Å². The van der Waals surface area contributed by atoms with E-state index < -0.39 is 5.79 Å². The molecule has 0 aromatic carbocycles. The van der Waals surface area contributed by atoms with Crippen LogP contribution < -0.4 is 0 Å². The molecule has 5 heteroatoms. The number of ether oxygens (including phenoxy) is 2. The summed E-state index contributed by atoms with van der Waals surface area (Å²) in [4.78, 5) is 11.2. The van der Waals surface area contributed by atoms with Crippen LogP contribution in [0.25, 0.3) is 0 Å². The van der Waals surface area contributed by atoms with Crippen molar-refractivity contribution in [3.63, 3.8) is 0 Å². The van der Waals surface area contributed by atoms with Crippen LogP contribution in [0.1, 0.15) is 6.42 Å². The zero-order chi connectivity index (χ0) is 8.77. The molecule has 0 N–H and O–H groups in total. The molecule has 1 saturated heterocycles. The fourth-order valence-corrected chi connectivity index (χ4v) is 2.35. The molecular formula is C7H6ClIO3. The summed E-state index contributed by atoms with van der Waals surface area (Å²) in [6.07, 6.45) is 0.226. The molecule has 1 aliphatic carbocycles. The van der Waals surface area contributed by atoms with Gasteiger partial charge in [0.05, 0.1) is 28.2 Å². The molecule has 1 aliphatic heterocycles. The van der Waals surface area contributed by atoms with Crippen molar-refractivity contribution in [1.82, 2.24) is 0 Å². The summed E-state index contributed by atoms with van der Waals surface area (Å²) in [5.41, 5.74) is 0. The number of allylic oxidation sites excluding steroid dienone is 1. The molecule has 2 aliphatic rings. The smallest absolute Gasteiger partial charge is 0.209 e. The number of ketones is 1. The van der Waals surface area contributed by atoms with E-state index in [2.05, 4.69) is 0 Å². The number of carbonyl (C=O) groups excluding carboxylic acids is 1. The molecule has 1 heterocycles. The van der Waals surface area contributed by atoms with Gasteiger partial charge in [-0.2, -0.15) is 0 Å². The van der Waals surface area contributed by atoms with Gasteiger partial charge in [0.1, 0.15) is 0 Å². The van der Waals surface area contributed by atoms with Crippen LogP contribution >= 0.6 is 34.2 Å². The van der Waals surface area contributed by atoms with Gasteiger partial charge in [-0.05, 0) is 22.6 Å². The predicted molar refractivity (Wildman–Crippen MR) is 51.2 cm³/mol. The number of hydrogen-bond acceptors (Lipinski definition) is 3. The maximum atomic E-state index is 11.2. The lowest BCUT2D eigenvalue weighted by Crippen LogP contribution is -2.28. The first kappa shape index (κ1) is 8.93. The molecular weight excluding hydrogens is 294 g/mol. The Balaban J connectivity index is 2.37. The van der Waals surface area contributed by atoms with Crippen LogP contribution in [0.5, 0.6) is 0 Å². The summed E-state index contributed by atoms with van der Waals surface area (Å²) in [7, 11) is 0. The van der Waals surface area contributed by atoms with Gasteiger partial charge in [0.15, 0.2) is 5.78 Å². The van der Waals surface area contributed by atoms with E-state index in [1.54, 1.807) is 0 Å². The standard InChI is InChI=1S/C7H6ClIO3/c8-5-4(10)3-7(6(5)9)11-1-2-12-7/h1-3H2. The summed E-state index contributed by atoms with van der Waals surface area (Å²) in [5, 5.41) is 0.262. The third kappa shape index (κ3) is 1.13. The zero-order valence-corrected chi connectivity index (χ0v) is 9.02. The highest BCUT2D eigenvalue weighted by Crippen LogP contribution is 2.44. The van der Waals surface area contributed by atoms with Crippen LogP contribution in [0, 0.1) is 0 Å². The lowest BCUT2D eigenvalue weighted by atomic mass is 10.2. The van der Waals surface area contributed by atoms with E-state index in [0.717, 1.165) is 0 Å². The first-order valence-corrected chi connectivity index (χ1v) is 4.98. The molecule has 0 aromatic rings. The Morgan fingerprint density at radius 1 is 1.42 bits per heavy atom. The number of rotatable bonds is 0. The largest absolute Gasteiger partial charge is 0.343 e. The molecule has 1 spiro atoms. The second kappa shape index (κ2) is 2.94. The molecule has 0 radical (unpaired) electrons. The predicted octanol–water partition coefficient (Wildman–Crippen LogP) is 1.59. The lowest BCUT2D eigenvalue weighted by molar-refractivity contribution is -0.136. The highest BCUT2D eigenvalue weighted by atomic mass is 127. The number of hydrogen-bond donors (Lipinski definition) is 0. The van der Waals surface area contributed by atoms with E-state index in [4.69, 9.17) is 21.1 Å². The summed E-state index contributed by atoms with van der Waals surface area (Å²) in [5.74, 6) is -0.919. The highest BCUT2D eigenvalue weighted by molar-refractivity contribution is 14.1. The van der Waals surface area contributed by atoms with Gasteiger partial charge in [-0.25, -0.2) is 0 Å². The van der Waals surface area contributed by atoms with Crippen LogP contribution in [-0.4, -0.2) is 24.8 Å². The number of halogens is 2. The van der Waals surface area contributed by atoms with E-state index in [0.29, 0.717) is 16.8 Å². The maximum absolute atomic E-state index is 11.2. The first-order chi connectivity index (χ1) is 5.66. The Morgan fingerprint density at radius 3 is 2.42 bits per heavy atom. The molecule has 0 unspecified atom stereocenters. The van der Waals surface area contributed by atoms with Crippen molar-refractivity contribution in [1.29, 1.82) is 0 Å². The molecule has 2 rings (SSSR count). The van der Waals surface area contributed by atoms with Gasteiger partial charge in [-0.3, -0.25) is 4.79 Å². The van der Waals surface area contributed by atoms with E-state index >= 15 is 0 Å². The first-order valence-electron chi connectivity index (χ1n) is 3.52. The third-order valence-corrected chi connectivity index (χ3v) is 4.00. The summed E-state index contributed by atoms with van der Waals surface area (Å²) < 4.78 is 11.4. The minimum absolute atomic E-state index is 0.0945. The zero-order valence-electron chi connectivity index (χ0n) is 6.10. The molecule has 3 nitrogen and oxygen atoms in total. The maximum Gasteiger partial charge on any atom is 0.209 e. The molecule has 66 valence electrons. The van der Waals surface area contributed by atoms with Gasteiger partial charge in [-0.1, -0.05) is 11.6 Å². The van der Waals surface area contributed by atoms with Crippen LogP contribution in [0.2, 0.25) is 0 Å². The highest BCUT2D eigenvalue weighted by Gasteiger charge is 2.49. The van der Waals surface area contributed by atoms with Crippen LogP contribution in [0.4, 0.5) is 0 Å². The Hall–Kier alpha value is 0.350. The van der Waals surface area contributed by atoms with Gasteiger partial charge in [0.2, 0.25) is 5.79 Å². The van der Waals surface area contributed by atoms with Crippen molar-refractivity contribution < 1.29 is 14.3 Å². The Kier molecular flexibility index (Phi) is 2.18. The van der Waals surface area contributed by atoms with Gasteiger partial charge in [0.25, 0.3) is 0 Å². The number of carbonyl (C=O) groups is 1. The molecule has 0 bridgehead atoms.